The minimum Gasteiger partial charge on any atom is -0.258 e. The van der Waals surface area contributed by atoms with Crippen LogP contribution in [0.25, 0.3) is 5.82 Å². The first-order valence-electron chi connectivity index (χ1n) is 4.09. The van der Waals surface area contributed by atoms with Gasteiger partial charge in [0, 0.05) is 12.3 Å². The normalized spacial score (nSPS) is 10.4. The summed E-state index contributed by atoms with van der Waals surface area (Å²) in [5.74, 6) is 0.0863. The molecule has 0 fully saturated rings. The summed E-state index contributed by atoms with van der Waals surface area (Å²) >= 11 is 8.89. The summed E-state index contributed by atoms with van der Waals surface area (Å²) < 4.78 is 1.98. The molecule has 2 aromatic heterocycles. The predicted molar refractivity (Wildman–Crippen MR) is 60.7 cm³/mol. The fourth-order valence-corrected chi connectivity index (χ4v) is 1.57. The van der Waals surface area contributed by atoms with Gasteiger partial charge in [0.2, 0.25) is 5.82 Å². The minimum absolute atomic E-state index is 0.0863. The maximum absolute atomic E-state index is 10.8. The van der Waals surface area contributed by atoms with Crippen LogP contribution in [-0.2, 0) is 0 Å². The molecule has 0 amide bonds. The molecule has 2 aromatic rings. The average Bonchev–Trinajstić information content (AvgIpc) is 2.64. The van der Waals surface area contributed by atoms with Crippen molar-refractivity contribution in [2.24, 2.45) is 0 Å². The van der Waals surface area contributed by atoms with Crippen molar-refractivity contribution in [1.29, 1.82) is 0 Å². The quantitative estimate of drug-likeness (QED) is 0.485. The summed E-state index contributed by atoms with van der Waals surface area (Å²) in [7, 11) is 0. The van der Waals surface area contributed by atoms with Crippen LogP contribution in [0.15, 0.2) is 29.0 Å². The molecule has 0 saturated carbocycles. The Morgan fingerprint density at radius 3 is 2.81 bits per heavy atom. The minimum atomic E-state index is -0.533. The molecular formula is C8H4BrClN4O2. The number of pyridine rings is 1. The number of hydrogen-bond acceptors (Lipinski definition) is 4. The van der Waals surface area contributed by atoms with Crippen LogP contribution in [0.1, 0.15) is 0 Å². The zero-order chi connectivity index (χ0) is 11.7. The van der Waals surface area contributed by atoms with E-state index in [0.717, 1.165) is 0 Å². The highest BCUT2D eigenvalue weighted by molar-refractivity contribution is 9.10. The van der Waals surface area contributed by atoms with E-state index in [2.05, 4.69) is 26.0 Å². The van der Waals surface area contributed by atoms with Crippen molar-refractivity contribution in [1.82, 2.24) is 14.8 Å². The van der Waals surface area contributed by atoms with Crippen LogP contribution >= 0.6 is 27.5 Å². The lowest BCUT2D eigenvalue weighted by molar-refractivity contribution is -0.384. The van der Waals surface area contributed by atoms with E-state index in [-0.39, 0.29) is 16.7 Å². The Morgan fingerprint density at radius 1 is 1.50 bits per heavy atom. The van der Waals surface area contributed by atoms with Crippen molar-refractivity contribution in [2.45, 2.75) is 0 Å². The van der Waals surface area contributed by atoms with Gasteiger partial charge in [0.05, 0.1) is 15.6 Å². The van der Waals surface area contributed by atoms with E-state index in [1.165, 1.54) is 23.0 Å². The molecule has 0 saturated heterocycles. The molecule has 6 nitrogen and oxygen atoms in total. The Hall–Kier alpha value is -1.47. The van der Waals surface area contributed by atoms with Crippen LogP contribution in [0.5, 0.6) is 0 Å². The SMILES string of the molecule is O=[N+]([O-])c1ccc(Cl)nc1-n1cc(Br)cn1. The molecule has 0 aromatic carbocycles. The lowest BCUT2D eigenvalue weighted by atomic mass is 10.4. The van der Waals surface area contributed by atoms with Crippen molar-refractivity contribution < 1.29 is 4.92 Å². The van der Waals surface area contributed by atoms with E-state index in [0.29, 0.717) is 4.47 Å². The molecule has 0 aliphatic rings. The van der Waals surface area contributed by atoms with Gasteiger partial charge >= 0.3 is 5.69 Å². The van der Waals surface area contributed by atoms with Crippen molar-refractivity contribution >= 4 is 33.2 Å². The Morgan fingerprint density at radius 2 is 2.25 bits per heavy atom. The molecule has 8 heteroatoms. The van der Waals surface area contributed by atoms with E-state index in [1.54, 1.807) is 6.20 Å². The first-order chi connectivity index (χ1) is 7.58. The van der Waals surface area contributed by atoms with Crippen molar-refractivity contribution in [3.05, 3.63) is 44.3 Å². The van der Waals surface area contributed by atoms with Gasteiger partial charge in [-0.2, -0.15) is 5.10 Å². The molecular weight excluding hydrogens is 299 g/mol. The van der Waals surface area contributed by atoms with Gasteiger partial charge in [-0.1, -0.05) is 11.6 Å². The molecule has 16 heavy (non-hydrogen) atoms. The second kappa shape index (κ2) is 4.18. The Labute approximate surface area is 103 Å². The van der Waals surface area contributed by atoms with E-state index in [4.69, 9.17) is 11.6 Å². The smallest absolute Gasteiger partial charge is 0.258 e. The van der Waals surface area contributed by atoms with Gasteiger partial charge in [0.25, 0.3) is 0 Å². The van der Waals surface area contributed by atoms with Gasteiger partial charge in [-0.05, 0) is 22.0 Å². The van der Waals surface area contributed by atoms with Gasteiger partial charge in [-0.15, -0.1) is 0 Å². The summed E-state index contributed by atoms with van der Waals surface area (Å²) in [5.41, 5.74) is -0.153. The monoisotopic (exact) mass is 302 g/mol. The lowest BCUT2D eigenvalue weighted by Gasteiger charge is -2.01. The maximum Gasteiger partial charge on any atom is 0.313 e. The standard InChI is InChI=1S/C8H4BrClN4O2/c9-5-3-11-13(4-5)8-6(14(15)16)1-2-7(10)12-8/h1-4H. The molecule has 0 radical (unpaired) electrons. The number of rotatable bonds is 2. The largest absolute Gasteiger partial charge is 0.313 e. The van der Waals surface area contributed by atoms with E-state index < -0.39 is 4.92 Å². The van der Waals surface area contributed by atoms with Gasteiger partial charge in [0.1, 0.15) is 5.15 Å². The number of aromatic nitrogens is 3. The molecule has 0 N–H and O–H groups in total. The zero-order valence-corrected chi connectivity index (χ0v) is 10.0. The van der Waals surface area contributed by atoms with E-state index in [9.17, 15) is 10.1 Å². The molecule has 2 heterocycles. The second-order valence-corrected chi connectivity index (χ2v) is 4.14. The molecule has 0 atom stereocenters. The number of halogens is 2. The Kier molecular flexibility index (Phi) is 2.88. The van der Waals surface area contributed by atoms with Crippen LogP contribution in [0.4, 0.5) is 5.69 Å². The van der Waals surface area contributed by atoms with Crippen LogP contribution < -0.4 is 0 Å². The molecule has 0 aliphatic carbocycles. The first kappa shape index (κ1) is 11.0. The van der Waals surface area contributed by atoms with Crippen molar-refractivity contribution in [3.63, 3.8) is 0 Å². The number of hydrogen-bond donors (Lipinski definition) is 0. The van der Waals surface area contributed by atoms with Gasteiger partial charge in [-0.3, -0.25) is 10.1 Å². The highest BCUT2D eigenvalue weighted by atomic mass is 79.9. The third-order valence-corrected chi connectivity index (χ3v) is 2.41. The molecule has 82 valence electrons. The number of nitrogens with zero attached hydrogens (tertiary/aromatic N) is 4. The third kappa shape index (κ3) is 2.05. The topological polar surface area (TPSA) is 73.8 Å². The summed E-state index contributed by atoms with van der Waals surface area (Å²) in [5, 5.41) is 14.9. The predicted octanol–water partition coefficient (Wildman–Crippen LogP) is 2.59. The summed E-state index contributed by atoms with van der Waals surface area (Å²) in [6.07, 6.45) is 3.07. The van der Waals surface area contributed by atoms with Crippen LogP contribution in [-0.4, -0.2) is 19.7 Å². The van der Waals surface area contributed by atoms with Gasteiger partial charge < -0.3 is 0 Å². The van der Waals surface area contributed by atoms with Crippen molar-refractivity contribution in [2.75, 3.05) is 0 Å². The molecule has 2 rings (SSSR count). The summed E-state index contributed by atoms with van der Waals surface area (Å²) in [6.45, 7) is 0. The van der Waals surface area contributed by atoms with Gasteiger partial charge in [0.15, 0.2) is 0 Å². The van der Waals surface area contributed by atoms with Crippen molar-refractivity contribution in [3.8, 4) is 5.82 Å². The molecule has 0 bridgehead atoms. The third-order valence-electron chi connectivity index (χ3n) is 1.79. The highest BCUT2D eigenvalue weighted by Gasteiger charge is 2.18. The molecule has 0 spiro atoms. The number of nitro groups is 1. The fraction of sp³-hybridized carbons (Fsp3) is 0. The average molecular weight is 304 g/mol. The Bertz CT molecular complexity index is 557. The van der Waals surface area contributed by atoms with Crippen LogP contribution in [0, 0.1) is 10.1 Å². The second-order valence-electron chi connectivity index (χ2n) is 2.84. The summed E-state index contributed by atoms with van der Waals surface area (Å²) in [6, 6.07) is 2.65. The lowest BCUT2D eigenvalue weighted by Crippen LogP contribution is -2.03. The van der Waals surface area contributed by atoms with Gasteiger partial charge in [-0.25, -0.2) is 9.67 Å². The highest BCUT2D eigenvalue weighted by Crippen LogP contribution is 2.23. The van der Waals surface area contributed by atoms with Crippen LogP contribution in [0.3, 0.4) is 0 Å². The summed E-state index contributed by atoms with van der Waals surface area (Å²) in [4.78, 5) is 14.1. The maximum atomic E-state index is 10.8. The first-order valence-corrected chi connectivity index (χ1v) is 5.26. The molecule has 0 aliphatic heterocycles. The fourth-order valence-electron chi connectivity index (χ4n) is 1.15. The molecule has 0 unspecified atom stereocenters. The zero-order valence-electron chi connectivity index (χ0n) is 7.67. The Balaban J connectivity index is 2.62. The van der Waals surface area contributed by atoms with E-state index >= 15 is 0 Å². The van der Waals surface area contributed by atoms with Crippen LogP contribution in [0.2, 0.25) is 5.15 Å². The van der Waals surface area contributed by atoms with E-state index in [1.807, 2.05) is 0 Å².